The summed E-state index contributed by atoms with van der Waals surface area (Å²) in [4.78, 5) is 12.1. The summed E-state index contributed by atoms with van der Waals surface area (Å²) in [6, 6.07) is 11.4. The second-order valence-electron chi connectivity index (χ2n) is 7.84. The van der Waals surface area contributed by atoms with Gasteiger partial charge in [-0.2, -0.15) is 16.8 Å². The van der Waals surface area contributed by atoms with Crippen LogP contribution in [0.15, 0.2) is 71.0 Å². The summed E-state index contributed by atoms with van der Waals surface area (Å²) in [7, 11) is -8.26. The predicted octanol–water partition coefficient (Wildman–Crippen LogP) is 2.38. The van der Waals surface area contributed by atoms with E-state index in [1.54, 1.807) is 24.3 Å². The lowest BCUT2D eigenvalue weighted by molar-refractivity contribution is 0.189. The van der Waals surface area contributed by atoms with Gasteiger partial charge in [-0.25, -0.2) is 15.0 Å². The fourth-order valence-corrected chi connectivity index (χ4v) is 5.11. The molecular weight excluding hydrogens is 494 g/mol. The van der Waals surface area contributed by atoms with E-state index in [2.05, 4.69) is 15.0 Å². The number of fused-ring (bicyclic) bond motifs is 1. The van der Waals surface area contributed by atoms with Crippen LogP contribution in [0, 0.1) is 13.8 Å². The first-order valence-corrected chi connectivity index (χ1v) is 13.2. The minimum Gasteiger partial charge on any atom is -0.382 e. The van der Waals surface area contributed by atoms with Crippen LogP contribution in [0.25, 0.3) is 11.2 Å². The van der Waals surface area contributed by atoms with Crippen molar-refractivity contribution in [2.45, 2.75) is 29.7 Å². The number of rotatable bonds is 9. The van der Waals surface area contributed by atoms with Crippen molar-refractivity contribution in [3.63, 3.8) is 0 Å². The normalized spacial score (nSPS) is 12.4. The van der Waals surface area contributed by atoms with Gasteiger partial charge < -0.3 is 10.3 Å². The zero-order valence-corrected chi connectivity index (χ0v) is 20.5. The Morgan fingerprint density at radius 3 is 1.77 bits per heavy atom. The van der Waals surface area contributed by atoms with Crippen LogP contribution >= 0.6 is 0 Å². The van der Waals surface area contributed by atoms with E-state index in [-0.39, 0.29) is 26.8 Å². The van der Waals surface area contributed by atoms with Crippen LogP contribution in [0.3, 0.4) is 0 Å². The monoisotopic (exact) mass is 517 g/mol. The smallest absolute Gasteiger partial charge is 0.297 e. The lowest BCUT2D eigenvalue weighted by Gasteiger charge is -2.19. The number of hydrogen-bond donors (Lipinski definition) is 1. The van der Waals surface area contributed by atoms with Crippen LogP contribution in [0.5, 0.6) is 0 Å². The van der Waals surface area contributed by atoms with Gasteiger partial charge in [0.15, 0.2) is 11.5 Å². The van der Waals surface area contributed by atoms with Crippen molar-refractivity contribution in [1.29, 1.82) is 0 Å². The van der Waals surface area contributed by atoms with E-state index in [4.69, 9.17) is 14.1 Å². The molecule has 0 saturated carbocycles. The Morgan fingerprint density at radius 2 is 1.29 bits per heavy atom. The molecule has 0 saturated heterocycles. The molecule has 2 aromatic heterocycles. The number of aromatic nitrogens is 4. The number of nitrogen functional groups attached to an aromatic ring is 1. The van der Waals surface area contributed by atoms with E-state index in [1.165, 1.54) is 41.5 Å². The topological polar surface area (TPSA) is 156 Å². The summed E-state index contributed by atoms with van der Waals surface area (Å²) in [6.45, 7) is 2.76. The van der Waals surface area contributed by atoms with Gasteiger partial charge in [0.05, 0.1) is 35.4 Å². The maximum Gasteiger partial charge on any atom is 0.297 e. The minimum absolute atomic E-state index is 0.0305. The second kappa shape index (κ2) is 9.70. The molecular formula is C22H23N5O6S2. The van der Waals surface area contributed by atoms with E-state index < -0.39 is 39.5 Å². The number of anilines is 1. The molecule has 184 valence electrons. The van der Waals surface area contributed by atoms with Crippen LogP contribution in [0.1, 0.15) is 17.2 Å². The van der Waals surface area contributed by atoms with Crippen molar-refractivity contribution in [2.24, 2.45) is 0 Å². The molecule has 0 aliphatic heterocycles. The number of nitrogens with two attached hydrogens (primary N) is 1. The van der Waals surface area contributed by atoms with Crippen molar-refractivity contribution in [1.82, 2.24) is 19.5 Å². The van der Waals surface area contributed by atoms with Gasteiger partial charge in [0, 0.05) is 0 Å². The Morgan fingerprint density at radius 1 is 0.800 bits per heavy atom. The second-order valence-corrected chi connectivity index (χ2v) is 11.1. The third-order valence-electron chi connectivity index (χ3n) is 5.23. The highest BCUT2D eigenvalue weighted by Crippen LogP contribution is 2.23. The summed E-state index contributed by atoms with van der Waals surface area (Å²) in [5.41, 5.74) is 8.18. The molecule has 0 radical (unpaired) electrons. The van der Waals surface area contributed by atoms with Gasteiger partial charge in [-0.15, -0.1) is 0 Å². The first-order chi connectivity index (χ1) is 16.6. The van der Waals surface area contributed by atoms with E-state index in [9.17, 15) is 16.8 Å². The third kappa shape index (κ3) is 5.48. The third-order valence-corrected chi connectivity index (χ3v) is 7.82. The van der Waals surface area contributed by atoms with Crippen molar-refractivity contribution < 1.29 is 25.2 Å². The average Bonchev–Trinajstić information content (AvgIpc) is 3.25. The van der Waals surface area contributed by atoms with Gasteiger partial charge in [0.25, 0.3) is 20.2 Å². The van der Waals surface area contributed by atoms with Gasteiger partial charge in [-0.1, -0.05) is 35.4 Å². The number of aryl methyl sites for hydroxylation is 2. The molecule has 0 spiro atoms. The molecule has 0 fully saturated rings. The van der Waals surface area contributed by atoms with E-state index >= 15 is 0 Å². The molecule has 4 aromatic rings. The first kappa shape index (κ1) is 24.7. The zero-order chi connectivity index (χ0) is 25.2. The Bertz CT molecular complexity index is 1470. The van der Waals surface area contributed by atoms with Crippen molar-refractivity contribution >= 4 is 37.2 Å². The van der Waals surface area contributed by atoms with Crippen molar-refractivity contribution in [2.75, 3.05) is 18.9 Å². The van der Waals surface area contributed by atoms with E-state index in [1.807, 2.05) is 13.8 Å². The minimum atomic E-state index is -4.13. The quantitative estimate of drug-likeness (QED) is 0.327. The van der Waals surface area contributed by atoms with Crippen LogP contribution < -0.4 is 5.73 Å². The van der Waals surface area contributed by atoms with Crippen molar-refractivity contribution in [3.8, 4) is 0 Å². The van der Waals surface area contributed by atoms with E-state index in [0.717, 1.165) is 11.1 Å². The zero-order valence-electron chi connectivity index (χ0n) is 18.9. The molecule has 0 unspecified atom stereocenters. The Kier molecular flexibility index (Phi) is 6.85. The molecule has 0 atom stereocenters. The van der Waals surface area contributed by atoms with Crippen LogP contribution in [-0.4, -0.2) is 49.6 Å². The summed E-state index contributed by atoms with van der Waals surface area (Å²) >= 11 is 0. The van der Waals surface area contributed by atoms with Gasteiger partial charge in [0.1, 0.15) is 11.8 Å². The molecule has 0 aliphatic carbocycles. The lowest BCUT2D eigenvalue weighted by atomic mass is 10.2. The molecule has 4 rings (SSSR count). The Labute approximate surface area is 202 Å². The van der Waals surface area contributed by atoms with Crippen LogP contribution in [0.4, 0.5) is 5.82 Å². The molecule has 2 aromatic carbocycles. The number of imidazole rings is 1. The summed E-state index contributed by atoms with van der Waals surface area (Å²) in [5.74, 6) is 0.119. The lowest BCUT2D eigenvalue weighted by Crippen LogP contribution is -2.24. The SMILES string of the molecule is Cc1ccc(S(=O)(=O)OCC(COS(=O)(=O)c2ccc(C)cc2)n2cnc3c(N)ncnc32)cc1. The largest absolute Gasteiger partial charge is 0.382 e. The molecule has 0 aliphatic rings. The van der Waals surface area contributed by atoms with Gasteiger partial charge in [0.2, 0.25) is 0 Å². The Balaban J connectivity index is 1.62. The standard InChI is InChI=1S/C22H23N5O6S2/c1-15-3-7-18(8-4-15)34(28,29)32-11-17(27-14-26-20-21(23)24-13-25-22(20)27)12-33-35(30,31)19-9-5-16(2)6-10-19/h3-10,13-14,17H,11-12H2,1-2H3,(H2,23,24,25). The molecule has 35 heavy (non-hydrogen) atoms. The summed E-state index contributed by atoms with van der Waals surface area (Å²) < 4.78 is 63.0. The first-order valence-electron chi connectivity index (χ1n) is 10.4. The molecule has 0 bridgehead atoms. The highest BCUT2D eigenvalue weighted by molar-refractivity contribution is 7.87. The van der Waals surface area contributed by atoms with Gasteiger partial charge in [-0.3, -0.25) is 8.37 Å². The highest BCUT2D eigenvalue weighted by atomic mass is 32.2. The van der Waals surface area contributed by atoms with Crippen LogP contribution in [-0.2, 0) is 28.6 Å². The number of benzene rings is 2. The number of hydrogen-bond acceptors (Lipinski definition) is 10. The molecule has 2 heterocycles. The maximum atomic E-state index is 12.7. The average molecular weight is 518 g/mol. The predicted molar refractivity (Wildman–Crippen MR) is 127 cm³/mol. The number of nitrogens with zero attached hydrogens (tertiary/aromatic N) is 4. The fraction of sp³-hybridized carbons (Fsp3) is 0.227. The maximum absolute atomic E-state index is 12.7. The van der Waals surface area contributed by atoms with E-state index in [0.29, 0.717) is 0 Å². The highest BCUT2D eigenvalue weighted by Gasteiger charge is 2.25. The molecule has 0 amide bonds. The van der Waals surface area contributed by atoms with Crippen LogP contribution in [0.2, 0.25) is 0 Å². The molecule has 11 nitrogen and oxygen atoms in total. The molecule has 13 heteroatoms. The summed E-state index contributed by atoms with van der Waals surface area (Å²) in [5, 5.41) is 0. The summed E-state index contributed by atoms with van der Waals surface area (Å²) in [6.07, 6.45) is 2.57. The fourth-order valence-electron chi connectivity index (χ4n) is 3.23. The van der Waals surface area contributed by atoms with Gasteiger partial charge >= 0.3 is 0 Å². The molecule has 2 N–H and O–H groups in total. The Hall–Kier alpha value is -3.39. The van der Waals surface area contributed by atoms with Gasteiger partial charge in [-0.05, 0) is 38.1 Å². The van der Waals surface area contributed by atoms with Crippen molar-refractivity contribution in [3.05, 3.63) is 72.3 Å².